The van der Waals surface area contributed by atoms with Gasteiger partial charge in [-0.05, 0) is 78.4 Å². The second-order valence-corrected chi connectivity index (χ2v) is 13.1. The van der Waals surface area contributed by atoms with E-state index < -0.39 is 5.97 Å². The van der Waals surface area contributed by atoms with E-state index in [-0.39, 0.29) is 34.0 Å². The number of benzene rings is 3. The van der Waals surface area contributed by atoms with Crippen LogP contribution in [0.3, 0.4) is 0 Å². The Kier molecular flexibility index (Phi) is 10.4. The van der Waals surface area contributed by atoms with Gasteiger partial charge in [0.25, 0.3) is 0 Å². The third-order valence-corrected chi connectivity index (χ3v) is 8.52. The largest absolute Gasteiger partial charge is 0.461 e. The highest BCUT2D eigenvalue weighted by atomic mass is 127. The minimum absolute atomic E-state index is 0.0322. The minimum atomic E-state index is -0.428. The van der Waals surface area contributed by atoms with E-state index in [1.54, 1.807) is 6.92 Å². The molecule has 0 bridgehead atoms. The van der Waals surface area contributed by atoms with Crippen molar-refractivity contribution in [2.75, 3.05) is 13.2 Å². The lowest BCUT2D eigenvalue weighted by atomic mass is 10.0. The molecule has 0 saturated carbocycles. The average molecular weight is 618 g/mol. The van der Waals surface area contributed by atoms with Crippen LogP contribution >= 0.6 is 22.6 Å². The van der Waals surface area contributed by atoms with Crippen LogP contribution in [0.5, 0.6) is 0 Å². The summed E-state index contributed by atoms with van der Waals surface area (Å²) in [5.74, 6) is 0.211. The fourth-order valence-corrected chi connectivity index (χ4v) is 5.81. The lowest BCUT2D eigenvalue weighted by molar-refractivity contribution is -0.143. The topological polar surface area (TPSA) is 52.6 Å². The van der Waals surface area contributed by atoms with Gasteiger partial charge >= 0.3 is 11.9 Å². The molecule has 0 aromatic heterocycles. The van der Waals surface area contributed by atoms with Crippen LogP contribution in [0.15, 0.2) is 87.5 Å². The quantitative estimate of drug-likeness (QED) is 0.0775. The lowest BCUT2D eigenvalue weighted by Crippen LogP contribution is -2.18. The van der Waals surface area contributed by atoms with Gasteiger partial charge in [0.2, 0.25) is 0 Å². The Balaban J connectivity index is 1.80. The van der Waals surface area contributed by atoms with Gasteiger partial charge < -0.3 is 9.47 Å². The highest BCUT2D eigenvalue weighted by molar-refractivity contribution is 14.1. The van der Waals surface area contributed by atoms with Crippen LogP contribution in [-0.2, 0) is 25.2 Å². The second kappa shape index (κ2) is 13.3. The molecule has 0 amide bonds. The summed E-state index contributed by atoms with van der Waals surface area (Å²) in [4.78, 5) is 27.6. The Morgan fingerprint density at radius 1 is 0.667 bits per heavy atom. The Morgan fingerprint density at radius 2 is 1.06 bits per heavy atom. The van der Waals surface area contributed by atoms with Gasteiger partial charge in [0.05, 0.1) is 16.5 Å². The van der Waals surface area contributed by atoms with Crippen LogP contribution in [0.2, 0.25) is 0 Å². The van der Waals surface area contributed by atoms with Gasteiger partial charge in [-0.3, -0.25) is 4.79 Å². The lowest BCUT2D eigenvalue weighted by Gasteiger charge is -2.12. The number of ether oxygens (including phenoxy) is 2. The van der Waals surface area contributed by atoms with Crippen LogP contribution in [0.1, 0.15) is 67.9 Å². The molecule has 1 unspecified atom stereocenters. The van der Waals surface area contributed by atoms with E-state index >= 15 is 0 Å². The SMILES string of the molecule is CC(I)C(=O)OCCOC(=O)c1ccc([S+](c2ccc(C(C)C)cc2)c2ccc(C(C)C)cc2)cc1. The fraction of sp³-hybridized carbons (Fsp3) is 0.333. The summed E-state index contributed by atoms with van der Waals surface area (Å²) in [7, 11) is -0.306. The molecule has 0 saturated heterocycles. The van der Waals surface area contributed by atoms with Crippen LogP contribution < -0.4 is 0 Å². The van der Waals surface area contributed by atoms with Gasteiger partial charge in [-0.1, -0.05) is 74.6 Å². The second-order valence-electron chi connectivity index (χ2n) is 9.20. The summed E-state index contributed by atoms with van der Waals surface area (Å²) in [5.41, 5.74) is 3.10. The number of esters is 2. The first-order valence-electron chi connectivity index (χ1n) is 12.2. The molecular weight excluding hydrogens is 583 g/mol. The molecule has 0 aliphatic carbocycles. The molecule has 3 rings (SSSR count). The Bertz CT molecular complexity index is 1090. The number of hydrogen-bond donors (Lipinski definition) is 0. The molecule has 36 heavy (non-hydrogen) atoms. The normalized spacial score (nSPS) is 12.1. The number of hydrogen-bond acceptors (Lipinski definition) is 4. The van der Waals surface area contributed by atoms with Gasteiger partial charge in [0, 0.05) is 0 Å². The Labute approximate surface area is 231 Å². The maximum atomic E-state index is 12.5. The monoisotopic (exact) mass is 617 g/mol. The van der Waals surface area contributed by atoms with Crippen molar-refractivity contribution in [2.24, 2.45) is 0 Å². The summed E-state index contributed by atoms with van der Waals surface area (Å²) in [6, 6.07) is 25.3. The van der Waals surface area contributed by atoms with Crippen molar-refractivity contribution in [1.29, 1.82) is 0 Å². The molecule has 1 atom stereocenters. The molecule has 6 heteroatoms. The average Bonchev–Trinajstić information content (AvgIpc) is 2.87. The number of carbonyl (C=O) groups excluding carboxylic acids is 2. The predicted molar refractivity (Wildman–Crippen MR) is 154 cm³/mol. The maximum Gasteiger partial charge on any atom is 0.338 e. The van der Waals surface area contributed by atoms with Crippen molar-refractivity contribution in [3.05, 3.63) is 89.5 Å². The number of carbonyl (C=O) groups is 2. The maximum absolute atomic E-state index is 12.5. The highest BCUT2D eigenvalue weighted by Crippen LogP contribution is 2.33. The summed E-state index contributed by atoms with van der Waals surface area (Å²) in [5, 5.41) is 0. The summed E-state index contributed by atoms with van der Waals surface area (Å²) in [6.45, 7) is 10.6. The first-order chi connectivity index (χ1) is 17.2. The Hall–Kier alpha value is -2.32. The molecule has 0 aliphatic rings. The van der Waals surface area contributed by atoms with Crippen molar-refractivity contribution >= 4 is 45.4 Å². The first kappa shape index (κ1) is 28.3. The molecule has 0 heterocycles. The van der Waals surface area contributed by atoms with E-state index in [4.69, 9.17) is 9.47 Å². The van der Waals surface area contributed by atoms with Gasteiger partial charge in [-0.15, -0.1) is 0 Å². The minimum Gasteiger partial charge on any atom is -0.461 e. The molecule has 0 spiro atoms. The van der Waals surface area contributed by atoms with E-state index in [0.29, 0.717) is 17.4 Å². The molecule has 0 aliphatic heterocycles. The summed E-state index contributed by atoms with van der Waals surface area (Å²) < 4.78 is 10.1. The Morgan fingerprint density at radius 3 is 1.44 bits per heavy atom. The molecule has 3 aromatic rings. The summed E-state index contributed by atoms with van der Waals surface area (Å²) >= 11 is 1.99. The van der Waals surface area contributed by atoms with Gasteiger partial charge in [-0.2, -0.15) is 0 Å². The van der Waals surface area contributed by atoms with E-state index in [9.17, 15) is 9.59 Å². The van der Waals surface area contributed by atoms with E-state index in [0.717, 1.165) is 4.90 Å². The summed E-state index contributed by atoms with van der Waals surface area (Å²) in [6.07, 6.45) is 0. The molecule has 0 N–H and O–H groups in total. The first-order valence-corrected chi connectivity index (χ1v) is 14.7. The number of alkyl halides is 1. The molecular formula is C30H34IO4S+. The molecule has 4 nitrogen and oxygen atoms in total. The molecule has 0 radical (unpaired) electrons. The molecule has 0 fully saturated rings. The van der Waals surface area contributed by atoms with E-state index in [2.05, 4.69) is 76.2 Å². The zero-order chi connectivity index (χ0) is 26.2. The number of rotatable bonds is 10. The molecule has 3 aromatic carbocycles. The van der Waals surface area contributed by atoms with Gasteiger partial charge in [0.15, 0.2) is 14.7 Å². The van der Waals surface area contributed by atoms with Crippen LogP contribution in [-0.4, -0.2) is 29.1 Å². The van der Waals surface area contributed by atoms with Gasteiger partial charge in [-0.25, -0.2) is 4.79 Å². The standard InChI is InChI=1S/C30H34IO4S/c1-20(2)23-6-12-26(13-7-23)36(27-14-8-24(9-15-27)21(3)4)28-16-10-25(11-17-28)30(33)35-19-18-34-29(32)22(5)31/h6-17,20-22H,18-19H2,1-5H3/q+1. The van der Waals surface area contributed by atoms with E-state index in [1.807, 2.05) is 46.9 Å². The van der Waals surface area contributed by atoms with Crippen molar-refractivity contribution in [2.45, 2.75) is 65.1 Å². The van der Waals surface area contributed by atoms with Crippen molar-refractivity contribution in [3.8, 4) is 0 Å². The smallest absolute Gasteiger partial charge is 0.338 e. The van der Waals surface area contributed by atoms with Crippen molar-refractivity contribution < 1.29 is 19.1 Å². The van der Waals surface area contributed by atoms with E-state index in [1.165, 1.54) is 20.9 Å². The fourth-order valence-electron chi connectivity index (χ4n) is 3.59. The zero-order valence-electron chi connectivity index (χ0n) is 21.5. The number of halogens is 1. The van der Waals surface area contributed by atoms with Gasteiger partial charge in [0.1, 0.15) is 17.1 Å². The third-order valence-electron chi connectivity index (χ3n) is 5.78. The van der Waals surface area contributed by atoms with Crippen molar-refractivity contribution in [3.63, 3.8) is 0 Å². The van der Waals surface area contributed by atoms with Crippen molar-refractivity contribution in [1.82, 2.24) is 0 Å². The third kappa shape index (κ3) is 7.59. The van der Waals surface area contributed by atoms with Crippen LogP contribution in [0.25, 0.3) is 0 Å². The molecule has 190 valence electrons. The predicted octanol–water partition coefficient (Wildman–Crippen LogP) is 7.55. The zero-order valence-corrected chi connectivity index (χ0v) is 24.5. The van der Waals surface area contributed by atoms with Crippen LogP contribution in [0.4, 0.5) is 0 Å². The van der Waals surface area contributed by atoms with Crippen LogP contribution in [0, 0.1) is 0 Å². The highest BCUT2D eigenvalue weighted by Gasteiger charge is 2.29.